The molecule has 0 aromatic heterocycles. The maximum absolute atomic E-state index is 6.07. The van der Waals surface area contributed by atoms with E-state index >= 15 is 0 Å². The molecule has 2 heteroatoms. The van der Waals surface area contributed by atoms with Crippen LogP contribution in [0.1, 0.15) is 19.4 Å². The lowest BCUT2D eigenvalue weighted by molar-refractivity contribution is 0.107. The van der Waals surface area contributed by atoms with E-state index < -0.39 is 0 Å². The summed E-state index contributed by atoms with van der Waals surface area (Å²) in [6, 6.07) is 8.28. The second kappa shape index (κ2) is 3.62. The summed E-state index contributed by atoms with van der Waals surface area (Å²) in [5, 5.41) is 0. The molecule has 0 saturated carbocycles. The Kier molecular flexibility index (Phi) is 2.46. The third kappa shape index (κ3) is 1.62. The Bertz CT molecular complexity index is 322. The monoisotopic (exact) mass is 191 g/mol. The van der Waals surface area contributed by atoms with Gasteiger partial charge in [0.15, 0.2) is 0 Å². The fraction of sp³-hybridized carbons (Fsp3) is 0.500. The Labute approximate surface area is 85.1 Å². The number of hydrogen-bond donors (Lipinski definition) is 1. The van der Waals surface area contributed by atoms with Crippen molar-refractivity contribution in [3.8, 4) is 5.75 Å². The first-order valence-electron chi connectivity index (χ1n) is 5.18. The smallest absolute Gasteiger partial charge is 0.123 e. The van der Waals surface area contributed by atoms with Crippen LogP contribution in [0.5, 0.6) is 5.75 Å². The molecule has 0 saturated heterocycles. The maximum atomic E-state index is 6.07. The van der Waals surface area contributed by atoms with E-state index in [1.807, 2.05) is 18.2 Å². The fourth-order valence-corrected chi connectivity index (χ4v) is 2.02. The molecule has 0 radical (unpaired) electrons. The van der Waals surface area contributed by atoms with Gasteiger partial charge in [0.05, 0.1) is 0 Å². The van der Waals surface area contributed by atoms with Gasteiger partial charge in [-0.3, -0.25) is 0 Å². The van der Waals surface area contributed by atoms with Gasteiger partial charge in [-0.2, -0.15) is 0 Å². The summed E-state index contributed by atoms with van der Waals surface area (Å²) in [6.45, 7) is 4.30. The predicted octanol–water partition coefficient (Wildman–Crippen LogP) is 1.97. The van der Waals surface area contributed by atoms with Gasteiger partial charge < -0.3 is 10.5 Å². The molecule has 1 aliphatic heterocycles. The highest BCUT2D eigenvalue weighted by atomic mass is 16.5. The van der Waals surface area contributed by atoms with Gasteiger partial charge in [0.2, 0.25) is 0 Å². The van der Waals surface area contributed by atoms with E-state index in [4.69, 9.17) is 10.5 Å². The molecule has 1 heterocycles. The summed E-state index contributed by atoms with van der Waals surface area (Å²) in [7, 11) is 0. The van der Waals surface area contributed by atoms with Gasteiger partial charge in [0, 0.05) is 6.04 Å². The highest BCUT2D eigenvalue weighted by molar-refractivity contribution is 5.36. The Morgan fingerprint density at radius 3 is 2.79 bits per heavy atom. The molecule has 76 valence electrons. The molecular weight excluding hydrogens is 174 g/mol. The molecule has 2 atom stereocenters. The maximum Gasteiger partial charge on any atom is 0.123 e. The highest BCUT2D eigenvalue weighted by Crippen LogP contribution is 2.29. The summed E-state index contributed by atoms with van der Waals surface area (Å²) in [4.78, 5) is 0. The number of hydrogen-bond acceptors (Lipinski definition) is 2. The average molecular weight is 191 g/mol. The second-order valence-corrected chi connectivity index (χ2v) is 4.30. The molecule has 0 fully saturated rings. The summed E-state index contributed by atoms with van der Waals surface area (Å²) in [5.74, 6) is 1.48. The Morgan fingerprint density at radius 1 is 1.36 bits per heavy atom. The number of rotatable bonds is 1. The second-order valence-electron chi connectivity index (χ2n) is 4.30. The first-order valence-corrected chi connectivity index (χ1v) is 5.18. The fourth-order valence-electron chi connectivity index (χ4n) is 2.02. The molecular formula is C12H17NO. The van der Waals surface area contributed by atoms with E-state index in [-0.39, 0.29) is 12.1 Å². The van der Waals surface area contributed by atoms with Crippen molar-refractivity contribution in [1.82, 2.24) is 0 Å². The topological polar surface area (TPSA) is 35.2 Å². The zero-order valence-corrected chi connectivity index (χ0v) is 8.73. The average Bonchev–Trinajstić information content (AvgIpc) is 2.16. The quantitative estimate of drug-likeness (QED) is 0.736. The number of ether oxygens (including phenoxy) is 1. The predicted molar refractivity (Wildman–Crippen MR) is 57.4 cm³/mol. The summed E-state index contributed by atoms with van der Waals surface area (Å²) in [6.07, 6.45) is 1.09. The van der Waals surface area contributed by atoms with Crippen LogP contribution >= 0.6 is 0 Å². The van der Waals surface area contributed by atoms with E-state index in [0.717, 1.165) is 12.2 Å². The third-order valence-corrected chi connectivity index (χ3v) is 2.77. The minimum atomic E-state index is 0.130. The first-order chi connectivity index (χ1) is 6.68. The summed E-state index contributed by atoms with van der Waals surface area (Å²) < 4.78 is 5.88. The lowest BCUT2D eigenvalue weighted by Gasteiger charge is -2.33. The van der Waals surface area contributed by atoms with E-state index in [1.54, 1.807) is 0 Å². The molecule has 1 aromatic rings. The standard InChI is InChI=1S/C12H17NO/c1-8(2)12-10(13)7-9-5-3-4-6-11(9)14-12/h3-6,8,10,12H,7,13H2,1-2H3/t10-,12-/m1/s1. The van der Waals surface area contributed by atoms with Gasteiger partial charge in [-0.15, -0.1) is 0 Å². The highest BCUT2D eigenvalue weighted by Gasteiger charge is 2.28. The largest absolute Gasteiger partial charge is 0.488 e. The van der Waals surface area contributed by atoms with Gasteiger partial charge in [0.1, 0.15) is 11.9 Å². The van der Waals surface area contributed by atoms with Crippen molar-refractivity contribution in [2.75, 3.05) is 0 Å². The molecule has 2 N–H and O–H groups in total. The number of fused-ring (bicyclic) bond motifs is 1. The van der Waals surface area contributed by atoms with E-state index in [1.165, 1.54) is 5.56 Å². The van der Waals surface area contributed by atoms with Crippen LogP contribution in [-0.4, -0.2) is 12.1 Å². The van der Waals surface area contributed by atoms with Crippen molar-refractivity contribution < 1.29 is 4.74 Å². The van der Waals surface area contributed by atoms with Crippen LogP contribution in [0.2, 0.25) is 0 Å². The molecule has 1 aromatic carbocycles. The summed E-state index contributed by atoms with van der Waals surface area (Å²) >= 11 is 0. The SMILES string of the molecule is CC(C)[C@H]1Oc2ccccc2C[C@H]1N. The van der Waals surface area contributed by atoms with Gasteiger partial charge in [-0.25, -0.2) is 0 Å². The zero-order valence-electron chi connectivity index (χ0n) is 8.73. The zero-order chi connectivity index (χ0) is 10.1. The molecule has 0 spiro atoms. The lowest BCUT2D eigenvalue weighted by atomic mass is 9.91. The minimum absolute atomic E-state index is 0.130. The van der Waals surface area contributed by atoms with Crippen molar-refractivity contribution >= 4 is 0 Å². The number of benzene rings is 1. The van der Waals surface area contributed by atoms with Crippen molar-refractivity contribution in [1.29, 1.82) is 0 Å². The van der Waals surface area contributed by atoms with Gasteiger partial charge in [-0.1, -0.05) is 32.0 Å². The van der Waals surface area contributed by atoms with E-state index in [0.29, 0.717) is 5.92 Å². The van der Waals surface area contributed by atoms with Crippen molar-refractivity contribution in [3.05, 3.63) is 29.8 Å². The lowest BCUT2D eigenvalue weighted by Crippen LogP contribution is -2.46. The van der Waals surface area contributed by atoms with Crippen LogP contribution in [0.3, 0.4) is 0 Å². The summed E-state index contributed by atoms with van der Waals surface area (Å²) in [5.41, 5.74) is 7.30. The molecule has 1 aliphatic rings. The molecule has 0 amide bonds. The molecule has 0 aliphatic carbocycles. The van der Waals surface area contributed by atoms with Crippen molar-refractivity contribution in [2.24, 2.45) is 11.7 Å². The van der Waals surface area contributed by atoms with Crippen LogP contribution in [0.15, 0.2) is 24.3 Å². The molecule has 14 heavy (non-hydrogen) atoms. The normalized spacial score (nSPS) is 25.7. The van der Waals surface area contributed by atoms with Crippen molar-refractivity contribution in [2.45, 2.75) is 32.4 Å². The molecule has 0 bridgehead atoms. The molecule has 2 nitrogen and oxygen atoms in total. The molecule has 0 unspecified atom stereocenters. The Balaban J connectivity index is 2.27. The Morgan fingerprint density at radius 2 is 2.07 bits per heavy atom. The minimum Gasteiger partial charge on any atom is -0.488 e. The van der Waals surface area contributed by atoms with Crippen LogP contribution < -0.4 is 10.5 Å². The first kappa shape index (κ1) is 9.53. The van der Waals surface area contributed by atoms with Crippen molar-refractivity contribution in [3.63, 3.8) is 0 Å². The van der Waals surface area contributed by atoms with Crippen LogP contribution in [0.4, 0.5) is 0 Å². The van der Waals surface area contributed by atoms with E-state index in [9.17, 15) is 0 Å². The number of para-hydroxylation sites is 1. The van der Waals surface area contributed by atoms with Crippen LogP contribution in [0, 0.1) is 5.92 Å². The van der Waals surface area contributed by atoms with Crippen LogP contribution in [-0.2, 0) is 6.42 Å². The van der Waals surface area contributed by atoms with E-state index in [2.05, 4.69) is 19.9 Å². The van der Waals surface area contributed by atoms with Crippen LogP contribution in [0.25, 0.3) is 0 Å². The molecule has 2 rings (SSSR count). The van der Waals surface area contributed by atoms with Gasteiger partial charge in [-0.05, 0) is 24.0 Å². The number of nitrogens with two attached hydrogens (primary N) is 1. The van der Waals surface area contributed by atoms with Gasteiger partial charge >= 0.3 is 0 Å². The third-order valence-electron chi connectivity index (χ3n) is 2.77. The van der Waals surface area contributed by atoms with Gasteiger partial charge in [0.25, 0.3) is 0 Å². The Hall–Kier alpha value is -1.02.